The van der Waals surface area contributed by atoms with Crippen LogP contribution in [0.4, 0.5) is 5.95 Å². The van der Waals surface area contributed by atoms with Crippen LogP contribution in [0, 0.1) is 11.3 Å². The number of nitrogens with zero attached hydrogens (tertiary/aromatic N) is 3. The van der Waals surface area contributed by atoms with E-state index in [-0.39, 0.29) is 0 Å². The van der Waals surface area contributed by atoms with Gasteiger partial charge in [0.1, 0.15) is 11.9 Å². The van der Waals surface area contributed by atoms with Crippen molar-refractivity contribution in [3.05, 3.63) is 29.8 Å². The van der Waals surface area contributed by atoms with E-state index in [1.807, 2.05) is 24.3 Å². The molecule has 3 N–H and O–H groups in total. The van der Waals surface area contributed by atoms with Crippen molar-refractivity contribution in [1.29, 1.82) is 5.26 Å². The van der Waals surface area contributed by atoms with Crippen LogP contribution >= 0.6 is 0 Å². The highest BCUT2D eigenvalue weighted by molar-refractivity contribution is 5.84. The maximum Gasteiger partial charge on any atom is 0.210 e. The summed E-state index contributed by atoms with van der Waals surface area (Å²) in [5.74, 6) is 1.16. The first-order valence-electron chi connectivity index (χ1n) is 4.91. The molecule has 0 saturated carbocycles. The number of nitriles is 1. The number of nitrogens with one attached hydrogen (secondary N) is 1. The molecule has 2 aromatic rings. The highest BCUT2D eigenvalue weighted by Gasteiger charge is 2.19. The number of benzene rings is 1. The van der Waals surface area contributed by atoms with Gasteiger partial charge in [-0.15, -0.1) is 0 Å². The zero-order valence-electron chi connectivity index (χ0n) is 8.44. The van der Waals surface area contributed by atoms with Gasteiger partial charge < -0.3 is 11.1 Å². The summed E-state index contributed by atoms with van der Waals surface area (Å²) < 4.78 is 1.78. The van der Waals surface area contributed by atoms with E-state index in [0.29, 0.717) is 23.9 Å². The van der Waals surface area contributed by atoms with Gasteiger partial charge in [0.15, 0.2) is 0 Å². The van der Waals surface area contributed by atoms with Crippen molar-refractivity contribution in [2.45, 2.75) is 0 Å². The number of aromatic nitrogens is 2. The molecule has 1 aliphatic rings. The molecule has 2 heterocycles. The van der Waals surface area contributed by atoms with Gasteiger partial charge in [0.25, 0.3) is 0 Å². The zero-order valence-corrected chi connectivity index (χ0v) is 8.44. The molecule has 0 unspecified atom stereocenters. The van der Waals surface area contributed by atoms with E-state index in [1.165, 1.54) is 0 Å². The zero-order chi connectivity index (χ0) is 11.1. The van der Waals surface area contributed by atoms with Gasteiger partial charge in [0.2, 0.25) is 5.95 Å². The maximum absolute atomic E-state index is 8.93. The molecule has 3 rings (SSSR count). The number of fused-ring (bicyclic) bond motifs is 3. The second-order valence-electron chi connectivity index (χ2n) is 3.59. The van der Waals surface area contributed by atoms with E-state index < -0.39 is 0 Å². The molecule has 1 aliphatic heterocycles. The van der Waals surface area contributed by atoms with Crippen molar-refractivity contribution >= 4 is 22.8 Å². The number of imidazole rings is 1. The number of hydrogen-bond acceptors (Lipinski definition) is 4. The molecular weight excluding hydrogens is 202 g/mol. The summed E-state index contributed by atoms with van der Waals surface area (Å²) in [6.45, 7) is 0.436. The number of hydrogen-bond donors (Lipinski definition) is 2. The smallest absolute Gasteiger partial charge is 0.210 e. The molecule has 1 aromatic carbocycles. The Morgan fingerprint density at radius 2 is 2.25 bits per heavy atom. The van der Waals surface area contributed by atoms with Gasteiger partial charge >= 0.3 is 0 Å². The monoisotopic (exact) mass is 211 g/mol. The van der Waals surface area contributed by atoms with Gasteiger partial charge in [-0.05, 0) is 12.1 Å². The van der Waals surface area contributed by atoms with E-state index in [0.717, 1.165) is 11.0 Å². The van der Waals surface area contributed by atoms with Crippen molar-refractivity contribution < 1.29 is 0 Å². The number of nitrogens with two attached hydrogens (primary N) is 1. The Kier molecular flexibility index (Phi) is 1.65. The van der Waals surface area contributed by atoms with Crippen LogP contribution in [-0.4, -0.2) is 16.1 Å². The van der Waals surface area contributed by atoms with Crippen molar-refractivity contribution in [1.82, 2.24) is 9.55 Å². The van der Waals surface area contributed by atoms with Gasteiger partial charge in [-0.2, -0.15) is 5.26 Å². The molecule has 0 radical (unpaired) electrons. The predicted octanol–water partition coefficient (Wildman–Crippen LogP) is 1.11. The molecule has 5 nitrogen and oxygen atoms in total. The number of anilines is 1. The molecular formula is C11H9N5. The molecule has 0 aliphatic carbocycles. The van der Waals surface area contributed by atoms with Crippen molar-refractivity contribution in [3.63, 3.8) is 0 Å². The first kappa shape index (κ1) is 8.80. The summed E-state index contributed by atoms with van der Waals surface area (Å²) in [6, 6.07) is 9.79. The van der Waals surface area contributed by atoms with Crippen LogP contribution < -0.4 is 11.1 Å². The fourth-order valence-corrected chi connectivity index (χ4v) is 1.88. The van der Waals surface area contributed by atoms with E-state index in [1.54, 1.807) is 4.57 Å². The molecule has 0 amide bonds. The van der Waals surface area contributed by atoms with Crippen LogP contribution in [0.15, 0.2) is 29.8 Å². The van der Waals surface area contributed by atoms with E-state index >= 15 is 0 Å². The third kappa shape index (κ3) is 1.01. The lowest BCUT2D eigenvalue weighted by molar-refractivity contribution is 1.00. The van der Waals surface area contributed by atoms with Gasteiger partial charge in [0.05, 0.1) is 23.2 Å². The lowest BCUT2D eigenvalue weighted by Gasteiger charge is -2.17. The van der Waals surface area contributed by atoms with Crippen LogP contribution in [0.1, 0.15) is 0 Å². The Hall–Kier alpha value is -2.48. The Morgan fingerprint density at radius 1 is 1.44 bits per heavy atom. The molecule has 0 atom stereocenters. The highest BCUT2D eigenvalue weighted by Crippen LogP contribution is 2.26. The summed E-state index contributed by atoms with van der Waals surface area (Å²) in [5.41, 5.74) is 8.27. The van der Waals surface area contributed by atoms with Crippen LogP contribution in [0.5, 0.6) is 0 Å². The van der Waals surface area contributed by atoms with Gasteiger partial charge in [-0.3, -0.25) is 4.57 Å². The minimum Gasteiger partial charge on any atom is -0.384 e. The van der Waals surface area contributed by atoms with E-state index in [4.69, 9.17) is 11.0 Å². The lowest BCUT2D eigenvalue weighted by Crippen LogP contribution is -2.22. The molecule has 0 saturated heterocycles. The molecule has 0 bridgehead atoms. The van der Waals surface area contributed by atoms with Crippen molar-refractivity contribution in [3.8, 4) is 6.07 Å². The SMILES string of the molecule is N#CC1=C(N)n2c(nc3ccccc32)NC1. The largest absolute Gasteiger partial charge is 0.384 e. The van der Waals surface area contributed by atoms with Crippen molar-refractivity contribution in [2.75, 3.05) is 11.9 Å². The predicted molar refractivity (Wildman–Crippen MR) is 61.2 cm³/mol. The Balaban J connectivity index is 2.39. The average Bonchev–Trinajstić information content (AvgIpc) is 2.68. The maximum atomic E-state index is 8.93. The molecule has 78 valence electrons. The first-order valence-corrected chi connectivity index (χ1v) is 4.91. The second-order valence-corrected chi connectivity index (χ2v) is 3.59. The number of rotatable bonds is 0. The number of para-hydroxylation sites is 2. The topological polar surface area (TPSA) is 79.7 Å². The van der Waals surface area contributed by atoms with Crippen LogP contribution in [-0.2, 0) is 0 Å². The van der Waals surface area contributed by atoms with E-state index in [2.05, 4.69) is 16.4 Å². The Morgan fingerprint density at radius 3 is 3.06 bits per heavy atom. The summed E-state index contributed by atoms with van der Waals surface area (Å²) in [6.07, 6.45) is 0. The summed E-state index contributed by atoms with van der Waals surface area (Å²) >= 11 is 0. The molecule has 0 spiro atoms. The quantitative estimate of drug-likeness (QED) is 0.684. The minimum atomic E-state index is 0.436. The van der Waals surface area contributed by atoms with Crippen LogP contribution in [0.3, 0.4) is 0 Å². The van der Waals surface area contributed by atoms with Crippen LogP contribution in [0.25, 0.3) is 16.9 Å². The molecule has 0 fully saturated rings. The fraction of sp³-hybridized carbons (Fsp3) is 0.0909. The van der Waals surface area contributed by atoms with E-state index in [9.17, 15) is 0 Å². The summed E-state index contributed by atoms with van der Waals surface area (Å²) in [5, 5.41) is 12.0. The fourth-order valence-electron chi connectivity index (χ4n) is 1.88. The third-order valence-electron chi connectivity index (χ3n) is 2.67. The minimum absolute atomic E-state index is 0.436. The Bertz CT molecular complexity index is 644. The van der Waals surface area contributed by atoms with Gasteiger partial charge in [0, 0.05) is 0 Å². The first-order chi connectivity index (χ1) is 7.81. The average molecular weight is 211 g/mol. The molecule has 16 heavy (non-hydrogen) atoms. The molecule has 5 heteroatoms. The Labute approximate surface area is 91.8 Å². The van der Waals surface area contributed by atoms with Crippen molar-refractivity contribution in [2.24, 2.45) is 5.73 Å². The highest BCUT2D eigenvalue weighted by atomic mass is 15.3. The normalized spacial score (nSPS) is 14.4. The summed E-state index contributed by atoms with van der Waals surface area (Å²) in [4.78, 5) is 4.40. The molecule has 1 aromatic heterocycles. The third-order valence-corrected chi connectivity index (χ3v) is 2.67. The van der Waals surface area contributed by atoms with Gasteiger partial charge in [-0.1, -0.05) is 12.1 Å². The standard InChI is InChI=1S/C11H9N5/c12-5-7-6-14-11-15-8-3-1-2-4-9(8)16(11)10(7)13/h1-4H,6,13H2,(H,14,15). The van der Waals surface area contributed by atoms with Gasteiger partial charge in [-0.25, -0.2) is 4.98 Å². The summed E-state index contributed by atoms with van der Waals surface area (Å²) in [7, 11) is 0. The second kappa shape index (κ2) is 3.00. The van der Waals surface area contributed by atoms with Crippen LogP contribution in [0.2, 0.25) is 0 Å². The lowest BCUT2D eigenvalue weighted by atomic mass is 10.2.